The van der Waals surface area contributed by atoms with E-state index in [9.17, 15) is 13.2 Å². The van der Waals surface area contributed by atoms with Gasteiger partial charge in [0, 0.05) is 0 Å². The van der Waals surface area contributed by atoms with Crippen LogP contribution in [0.5, 0.6) is 0 Å². The number of carbonyl (C=O) groups is 1. The van der Waals surface area contributed by atoms with E-state index in [1.807, 2.05) is 6.92 Å². The van der Waals surface area contributed by atoms with E-state index >= 15 is 0 Å². The molecule has 0 saturated carbocycles. The second kappa shape index (κ2) is 5.65. The lowest BCUT2D eigenvalue weighted by Crippen LogP contribution is -2.43. The number of hydrogen-bond acceptors (Lipinski definition) is 4. The van der Waals surface area contributed by atoms with Crippen LogP contribution in [-0.2, 0) is 14.8 Å². The molecular formula is C16H17N3O3S. The molecule has 1 aliphatic rings. The van der Waals surface area contributed by atoms with Gasteiger partial charge in [-0.05, 0) is 44.4 Å². The van der Waals surface area contributed by atoms with Gasteiger partial charge < -0.3 is 0 Å². The number of hydrogen-bond donors (Lipinski definition) is 1. The van der Waals surface area contributed by atoms with Crippen LogP contribution in [0.2, 0.25) is 0 Å². The number of aryl methyl sites for hydroxylation is 3. The summed E-state index contributed by atoms with van der Waals surface area (Å²) in [5, 5.41) is 9.81. The largest absolute Gasteiger partial charge is 0.284 e. The maximum absolute atomic E-state index is 12.7. The van der Waals surface area contributed by atoms with Crippen molar-refractivity contribution in [1.82, 2.24) is 9.84 Å². The molecule has 2 rings (SSSR count). The smallest absolute Gasteiger partial charge is 0.266 e. The SMILES string of the molecule is C=C1C(C)=C(C#N)C(=O)N1NS(=O)(=O)c1c(C)cc(C)cc1C. The summed E-state index contributed by atoms with van der Waals surface area (Å²) >= 11 is 0. The number of carbonyl (C=O) groups excluding carboxylic acids is 1. The second-order valence-electron chi connectivity index (χ2n) is 5.52. The van der Waals surface area contributed by atoms with Gasteiger partial charge in [0.25, 0.3) is 15.9 Å². The fourth-order valence-electron chi connectivity index (χ4n) is 2.69. The number of hydrazine groups is 1. The third-order valence-corrected chi connectivity index (χ3v) is 5.30. The Kier molecular flexibility index (Phi) is 4.16. The van der Waals surface area contributed by atoms with Crippen molar-refractivity contribution < 1.29 is 13.2 Å². The van der Waals surface area contributed by atoms with Gasteiger partial charge in [-0.2, -0.15) is 5.26 Å². The maximum Gasteiger partial charge on any atom is 0.284 e. The predicted octanol–water partition coefficient (Wildman–Crippen LogP) is 2.00. The highest BCUT2D eigenvalue weighted by molar-refractivity contribution is 7.89. The van der Waals surface area contributed by atoms with Crippen molar-refractivity contribution in [2.75, 3.05) is 0 Å². The number of amides is 1. The predicted molar refractivity (Wildman–Crippen MR) is 85.3 cm³/mol. The Morgan fingerprint density at radius 1 is 1.17 bits per heavy atom. The van der Waals surface area contributed by atoms with Gasteiger partial charge in [0.1, 0.15) is 11.6 Å². The summed E-state index contributed by atoms with van der Waals surface area (Å²) in [6.45, 7) is 10.5. The third-order valence-electron chi connectivity index (χ3n) is 3.69. The summed E-state index contributed by atoms with van der Waals surface area (Å²) in [4.78, 5) is 14.5. The molecule has 0 atom stereocenters. The summed E-state index contributed by atoms with van der Waals surface area (Å²) < 4.78 is 25.4. The lowest BCUT2D eigenvalue weighted by molar-refractivity contribution is -0.125. The minimum Gasteiger partial charge on any atom is -0.266 e. The van der Waals surface area contributed by atoms with Crippen LogP contribution in [-0.4, -0.2) is 19.3 Å². The lowest BCUT2D eigenvalue weighted by Gasteiger charge is -2.21. The van der Waals surface area contributed by atoms with E-state index in [0.717, 1.165) is 10.6 Å². The fourth-order valence-corrected chi connectivity index (χ4v) is 4.18. The van der Waals surface area contributed by atoms with Crippen molar-refractivity contribution >= 4 is 15.9 Å². The molecule has 1 heterocycles. The zero-order valence-electron chi connectivity index (χ0n) is 13.4. The Balaban J connectivity index is 2.44. The average molecular weight is 331 g/mol. The molecule has 1 aliphatic heterocycles. The van der Waals surface area contributed by atoms with Crippen molar-refractivity contribution in [1.29, 1.82) is 5.26 Å². The summed E-state index contributed by atoms with van der Waals surface area (Å²) in [5.41, 5.74) is 2.50. The maximum atomic E-state index is 12.7. The number of rotatable bonds is 3. The summed E-state index contributed by atoms with van der Waals surface area (Å²) in [5.74, 6) is -0.721. The number of allylic oxidation sites excluding steroid dienone is 1. The van der Waals surface area contributed by atoms with Gasteiger partial charge in [0.05, 0.1) is 10.6 Å². The highest BCUT2D eigenvalue weighted by Crippen LogP contribution is 2.28. The monoisotopic (exact) mass is 331 g/mol. The van der Waals surface area contributed by atoms with Crippen molar-refractivity contribution in [2.24, 2.45) is 0 Å². The molecule has 1 amide bonds. The van der Waals surface area contributed by atoms with E-state index in [1.165, 1.54) is 0 Å². The molecule has 1 aromatic rings. The second-order valence-corrected chi connectivity index (χ2v) is 7.12. The van der Waals surface area contributed by atoms with Crippen molar-refractivity contribution in [2.45, 2.75) is 32.6 Å². The Hall–Kier alpha value is -2.43. The Morgan fingerprint density at radius 3 is 2.13 bits per heavy atom. The van der Waals surface area contributed by atoms with E-state index < -0.39 is 15.9 Å². The molecule has 0 aliphatic carbocycles. The quantitative estimate of drug-likeness (QED) is 0.917. The van der Waals surface area contributed by atoms with Crippen LogP contribution >= 0.6 is 0 Å². The van der Waals surface area contributed by atoms with E-state index in [-0.39, 0.29) is 16.2 Å². The van der Waals surface area contributed by atoms with Crippen molar-refractivity contribution in [3.05, 3.63) is 52.2 Å². The normalized spacial score (nSPS) is 15.3. The fraction of sp³-hybridized carbons (Fsp3) is 0.250. The molecule has 23 heavy (non-hydrogen) atoms. The minimum atomic E-state index is -3.98. The highest BCUT2D eigenvalue weighted by atomic mass is 32.2. The van der Waals surface area contributed by atoms with Gasteiger partial charge in [0.2, 0.25) is 0 Å². The van der Waals surface area contributed by atoms with Gasteiger partial charge >= 0.3 is 0 Å². The first-order chi connectivity index (χ1) is 10.6. The molecule has 0 radical (unpaired) electrons. The van der Waals surface area contributed by atoms with Gasteiger partial charge in [-0.15, -0.1) is 4.83 Å². The van der Waals surface area contributed by atoms with Crippen LogP contribution in [0.3, 0.4) is 0 Å². The molecule has 7 heteroatoms. The number of sulfonamides is 1. The molecule has 0 aromatic heterocycles. The molecule has 0 spiro atoms. The Labute approximate surface area is 135 Å². The number of nitrogens with one attached hydrogen (secondary N) is 1. The van der Waals surface area contributed by atoms with Crippen LogP contribution in [0, 0.1) is 32.1 Å². The van der Waals surface area contributed by atoms with Gasteiger partial charge in [-0.1, -0.05) is 24.3 Å². The Morgan fingerprint density at radius 2 is 1.70 bits per heavy atom. The molecule has 0 unspecified atom stereocenters. The summed E-state index contributed by atoms with van der Waals surface area (Å²) in [6.07, 6.45) is 0. The number of nitrogens with zero attached hydrogens (tertiary/aromatic N) is 2. The third kappa shape index (κ3) is 2.79. The lowest BCUT2D eigenvalue weighted by atomic mass is 10.1. The van der Waals surface area contributed by atoms with E-state index in [4.69, 9.17) is 5.26 Å². The first-order valence-electron chi connectivity index (χ1n) is 6.85. The molecular weight excluding hydrogens is 314 g/mol. The van der Waals surface area contributed by atoms with Crippen molar-refractivity contribution in [3.8, 4) is 6.07 Å². The average Bonchev–Trinajstić information content (AvgIpc) is 2.60. The highest BCUT2D eigenvalue weighted by Gasteiger charge is 2.35. The standard InChI is InChI=1S/C16H17N3O3S/c1-9-6-10(2)15(11(3)7-9)23(21,22)18-19-13(5)12(4)14(8-17)16(19)20/h6-7,18H,5H2,1-4H3. The van der Waals surface area contributed by atoms with Crippen LogP contribution in [0.4, 0.5) is 0 Å². The molecule has 0 saturated heterocycles. The minimum absolute atomic E-state index is 0.116. The molecule has 0 bridgehead atoms. The van der Waals surface area contributed by atoms with Crippen LogP contribution in [0.15, 0.2) is 40.5 Å². The van der Waals surface area contributed by atoms with Crippen LogP contribution in [0.1, 0.15) is 23.6 Å². The van der Waals surface area contributed by atoms with Gasteiger partial charge in [-0.3, -0.25) is 4.79 Å². The first-order valence-corrected chi connectivity index (χ1v) is 8.33. The van der Waals surface area contributed by atoms with Gasteiger partial charge in [-0.25, -0.2) is 13.4 Å². The molecule has 0 fully saturated rings. The van der Waals surface area contributed by atoms with Gasteiger partial charge in [0.15, 0.2) is 0 Å². The first kappa shape index (κ1) is 16.9. The van der Waals surface area contributed by atoms with E-state index in [2.05, 4.69) is 11.4 Å². The summed E-state index contributed by atoms with van der Waals surface area (Å²) in [6, 6.07) is 5.29. The number of nitriles is 1. The van der Waals surface area contributed by atoms with E-state index in [0.29, 0.717) is 16.7 Å². The summed E-state index contributed by atoms with van der Waals surface area (Å²) in [7, 11) is -3.98. The van der Waals surface area contributed by atoms with E-state index in [1.54, 1.807) is 39.0 Å². The zero-order valence-corrected chi connectivity index (χ0v) is 14.2. The topological polar surface area (TPSA) is 90.3 Å². The molecule has 1 N–H and O–H groups in total. The molecule has 120 valence electrons. The zero-order chi connectivity index (χ0) is 17.5. The molecule has 6 nitrogen and oxygen atoms in total. The molecule has 1 aromatic carbocycles. The Bertz CT molecular complexity index is 882. The number of benzene rings is 1. The van der Waals surface area contributed by atoms with Crippen LogP contribution in [0.25, 0.3) is 0 Å². The van der Waals surface area contributed by atoms with Crippen LogP contribution < -0.4 is 4.83 Å². The van der Waals surface area contributed by atoms with Crippen molar-refractivity contribution in [3.63, 3.8) is 0 Å².